The first-order valence-electron chi connectivity index (χ1n) is 5.62. The summed E-state index contributed by atoms with van der Waals surface area (Å²) < 4.78 is 0.452. The van der Waals surface area contributed by atoms with Crippen LogP contribution < -0.4 is 5.32 Å². The molecule has 0 saturated heterocycles. The molecule has 0 radical (unpaired) electrons. The van der Waals surface area contributed by atoms with Crippen LogP contribution in [0.15, 0.2) is 0 Å². The van der Waals surface area contributed by atoms with Crippen molar-refractivity contribution in [3.8, 4) is 0 Å². The molecule has 1 atom stereocenters. The number of thioether (sulfide) groups is 1. The van der Waals surface area contributed by atoms with Crippen molar-refractivity contribution in [2.24, 2.45) is 0 Å². The van der Waals surface area contributed by atoms with Crippen LogP contribution in [0.3, 0.4) is 0 Å². The maximum absolute atomic E-state index is 9.17. The molecule has 3 heteroatoms. The van der Waals surface area contributed by atoms with Crippen LogP contribution in [0.1, 0.15) is 39.0 Å². The van der Waals surface area contributed by atoms with E-state index in [0.29, 0.717) is 4.75 Å². The highest BCUT2D eigenvalue weighted by atomic mass is 32.2. The zero-order valence-corrected chi connectivity index (χ0v) is 10.2. The molecule has 0 amide bonds. The molecule has 0 aliphatic heterocycles. The van der Waals surface area contributed by atoms with Gasteiger partial charge in [0.1, 0.15) is 0 Å². The average molecular weight is 217 g/mol. The van der Waals surface area contributed by atoms with E-state index in [4.69, 9.17) is 5.11 Å². The van der Waals surface area contributed by atoms with Gasteiger partial charge in [-0.25, -0.2) is 0 Å². The van der Waals surface area contributed by atoms with E-state index in [0.717, 1.165) is 13.1 Å². The van der Waals surface area contributed by atoms with E-state index >= 15 is 0 Å². The molecular formula is C11H23NOS. The highest BCUT2D eigenvalue weighted by molar-refractivity contribution is 8.00. The van der Waals surface area contributed by atoms with E-state index in [2.05, 4.69) is 11.6 Å². The molecule has 2 N–H and O–H groups in total. The van der Waals surface area contributed by atoms with Gasteiger partial charge in [-0.05, 0) is 26.0 Å². The van der Waals surface area contributed by atoms with Crippen molar-refractivity contribution in [3.05, 3.63) is 0 Å². The topological polar surface area (TPSA) is 32.3 Å². The molecule has 0 aromatic heterocycles. The zero-order valence-electron chi connectivity index (χ0n) is 9.38. The lowest BCUT2D eigenvalue weighted by Gasteiger charge is -2.36. The fourth-order valence-electron chi connectivity index (χ4n) is 2.16. The molecule has 1 fully saturated rings. The molecule has 1 unspecified atom stereocenters. The average Bonchev–Trinajstić information content (AvgIpc) is 2.19. The number of hydrogen-bond donors (Lipinski definition) is 2. The summed E-state index contributed by atoms with van der Waals surface area (Å²) in [5.41, 5.74) is 0. The number of nitrogens with one attached hydrogen (secondary N) is 1. The summed E-state index contributed by atoms with van der Waals surface area (Å²) in [5.74, 6) is 0. The Morgan fingerprint density at radius 2 is 2.00 bits per heavy atom. The van der Waals surface area contributed by atoms with Crippen LogP contribution in [-0.2, 0) is 0 Å². The third kappa shape index (κ3) is 3.79. The van der Waals surface area contributed by atoms with Crippen LogP contribution >= 0.6 is 11.8 Å². The second-order valence-corrected chi connectivity index (χ2v) is 5.70. The number of aliphatic hydroxyl groups excluding tert-OH is 1. The highest BCUT2D eigenvalue weighted by Crippen LogP contribution is 2.37. The van der Waals surface area contributed by atoms with Crippen molar-refractivity contribution in [1.82, 2.24) is 5.32 Å². The van der Waals surface area contributed by atoms with E-state index in [1.54, 1.807) is 0 Å². The summed E-state index contributed by atoms with van der Waals surface area (Å²) in [6, 6.07) is 0. The first-order chi connectivity index (χ1) is 6.68. The van der Waals surface area contributed by atoms with Crippen molar-refractivity contribution in [1.29, 1.82) is 0 Å². The van der Waals surface area contributed by atoms with Crippen molar-refractivity contribution in [3.63, 3.8) is 0 Å². The number of hydrogen-bond acceptors (Lipinski definition) is 3. The monoisotopic (exact) mass is 217 g/mol. The lowest BCUT2D eigenvalue weighted by atomic mass is 9.88. The molecule has 0 heterocycles. The molecule has 1 aliphatic rings. The maximum atomic E-state index is 9.17. The minimum absolute atomic E-state index is 0.225. The number of aliphatic hydroxyl groups is 1. The van der Waals surface area contributed by atoms with Crippen LogP contribution in [0.4, 0.5) is 0 Å². The summed E-state index contributed by atoms with van der Waals surface area (Å²) in [7, 11) is 0. The largest absolute Gasteiger partial charge is 0.392 e. The van der Waals surface area contributed by atoms with Crippen LogP contribution in [-0.4, -0.2) is 35.3 Å². The molecule has 84 valence electrons. The van der Waals surface area contributed by atoms with Crippen molar-refractivity contribution >= 4 is 11.8 Å². The van der Waals surface area contributed by atoms with Gasteiger partial charge in [-0.3, -0.25) is 0 Å². The maximum Gasteiger partial charge on any atom is 0.0636 e. The molecule has 0 bridgehead atoms. The lowest BCUT2D eigenvalue weighted by molar-refractivity contribution is 0.188. The minimum Gasteiger partial charge on any atom is -0.392 e. The van der Waals surface area contributed by atoms with Gasteiger partial charge in [-0.15, -0.1) is 0 Å². The Morgan fingerprint density at radius 3 is 2.50 bits per heavy atom. The van der Waals surface area contributed by atoms with Crippen LogP contribution in [0.25, 0.3) is 0 Å². The predicted molar refractivity (Wildman–Crippen MR) is 63.9 cm³/mol. The van der Waals surface area contributed by atoms with E-state index in [1.165, 1.54) is 32.1 Å². The van der Waals surface area contributed by atoms with E-state index in [9.17, 15) is 0 Å². The summed E-state index contributed by atoms with van der Waals surface area (Å²) in [5, 5.41) is 12.5. The molecule has 0 spiro atoms. The van der Waals surface area contributed by atoms with Gasteiger partial charge in [0.2, 0.25) is 0 Å². The van der Waals surface area contributed by atoms with Gasteiger partial charge >= 0.3 is 0 Å². The second-order valence-electron chi connectivity index (χ2n) is 4.43. The third-order valence-electron chi connectivity index (χ3n) is 3.08. The molecule has 14 heavy (non-hydrogen) atoms. The lowest BCUT2D eigenvalue weighted by Crippen LogP contribution is -2.41. The molecule has 1 rings (SSSR count). The van der Waals surface area contributed by atoms with Crippen molar-refractivity contribution < 1.29 is 5.11 Å². The standard InChI is InChI=1S/C11H23NOS/c1-10(13)8-12-9-11(14-2)6-4-3-5-7-11/h10,12-13H,3-9H2,1-2H3. The normalized spacial score (nSPS) is 23.4. The van der Waals surface area contributed by atoms with Crippen LogP contribution in [0, 0.1) is 0 Å². The number of rotatable bonds is 5. The SMILES string of the molecule is CSC1(CNCC(C)O)CCCCC1. The molecular weight excluding hydrogens is 194 g/mol. The summed E-state index contributed by atoms with van der Waals surface area (Å²) >= 11 is 2.00. The fraction of sp³-hybridized carbons (Fsp3) is 1.00. The van der Waals surface area contributed by atoms with Crippen LogP contribution in [0.5, 0.6) is 0 Å². The van der Waals surface area contributed by atoms with E-state index in [1.807, 2.05) is 18.7 Å². The van der Waals surface area contributed by atoms with Gasteiger partial charge in [-0.1, -0.05) is 19.3 Å². The minimum atomic E-state index is -0.225. The Hall–Kier alpha value is 0.270. The van der Waals surface area contributed by atoms with Gasteiger partial charge in [0.05, 0.1) is 6.10 Å². The molecule has 1 saturated carbocycles. The second kappa shape index (κ2) is 5.99. The van der Waals surface area contributed by atoms with Gasteiger partial charge in [0.25, 0.3) is 0 Å². The molecule has 1 aliphatic carbocycles. The third-order valence-corrected chi connectivity index (χ3v) is 4.50. The predicted octanol–water partition coefficient (Wildman–Crippen LogP) is 2.02. The van der Waals surface area contributed by atoms with E-state index in [-0.39, 0.29) is 6.10 Å². The van der Waals surface area contributed by atoms with E-state index < -0.39 is 0 Å². The Kier molecular flexibility index (Phi) is 5.28. The Balaban J connectivity index is 2.29. The van der Waals surface area contributed by atoms with Gasteiger partial charge in [-0.2, -0.15) is 11.8 Å². The fourth-order valence-corrected chi connectivity index (χ4v) is 3.10. The van der Waals surface area contributed by atoms with Crippen LogP contribution in [0.2, 0.25) is 0 Å². The molecule has 0 aromatic rings. The Labute approximate surface area is 91.9 Å². The first-order valence-corrected chi connectivity index (χ1v) is 6.85. The Morgan fingerprint density at radius 1 is 1.36 bits per heavy atom. The highest BCUT2D eigenvalue weighted by Gasteiger charge is 2.30. The summed E-state index contributed by atoms with van der Waals surface area (Å²) in [4.78, 5) is 0. The summed E-state index contributed by atoms with van der Waals surface area (Å²) in [6.45, 7) is 3.61. The quantitative estimate of drug-likeness (QED) is 0.739. The van der Waals surface area contributed by atoms with Gasteiger partial charge in [0.15, 0.2) is 0 Å². The smallest absolute Gasteiger partial charge is 0.0636 e. The first kappa shape index (κ1) is 12.3. The van der Waals surface area contributed by atoms with Crippen molar-refractivity contribution in [2.45, 2.75) is 49.9 Å². The molecule has 2 nitrogen and oxygen atoms in total. The van der Waals surface area contributed by atoms with Gasteiger partial charge in [0, 0.05) is 17.8 Å². The Bertz CT molecular complexity index is 155. The summed E-state index contributed by atoms with van der Waals surface area (Å²) in [6.07, 6.45) is 8.81. The van der Waals surface area contributed by atoms with Crippen molar-refractivity contribution in [2.75, 3.05) is 19.3 Å². The molecule has 0 aromatic carbocycles. The van der Waals surface area contributed by atoms with Gasteiger partial charge < -0.3 is 10.4 Å². The zero-order chi connectivity index (χ0) is 10.4.